The molecule has 3 rings (SSSR count). The van der Waals surface area contributed by atoms with Gasteiger partial charge in [0.1, 0.15) is 0 Å². The van der Waals surface area contributed by atoms with Crippen molar-refractivity contribution in [2.45, 2.75) is 70.1 Å². The lowest BCUT2D eigenvalue weighted by Gasteiger charge is -2.27. The molecule has 2 saturated carbocycles. The van der Waals surface area contributed by atoms with Crippen LogP contribution in [-0.4, -0.2) is 24.8 Å². The molecule has 2 nitrogen and oxygen atoms in total. The summed E-state index contributed by atoms with van der Waals surface area (Å²) in [5.41, 5.74) is 0. The van der Waals surface area contributed by atoms with Crippen molar-refractivity contribution in [3.8, 4) is 0 Å². The molecule has 3 unspecified atom stereocenters. The third-order valence-electron chi connectivity index (χ3n) is 4.81. The van der Waals surface area contributed by atoms with E-state index in [1.165, 1.54) is 44.9 Å². The topological polar surface area (TPSA) is 21.3 Å². The van der Waals surface area contributed by atoms with Crippen LogP contribution in [0.1, 0.15) is 51.9 Å². The van der Waals surface area contributed by atoms with Crippen LogP contribution in [0.4, 0.5) is 0 Å². The van der Waals surface area contributed by atoms with Crippen molar-refractivity contribution in [3.63, 3.8) is 0 Å². The van der Waals surface area contributed by atoms with Crippen LogP contribution in [0.25, 0.3) is 0 Å². The predicted molar refractivity (Wildman–Crippen MR) is 65.4 cm³/mol. The van der Waals surface area contributed by atoms with E-state index in [0.717, 1.165) is 18.4 Å². The average Bonchev–Trinajstić information content (AvgIpc) is 2.83. The molecule has 2 aliphatic carbocycles. The number of hydrogen-bond donors (Lipinski definition) is 1. The lowest BCUT2D eigenvalue weighted by atomic mass is 9.97. The average molecular weight is 223 g/mol. The van der Waals surface area contributed by atoms with E-state index >= 15 is 0 Å². The van der Waals surface area contributed by atoms with Crippen LogP contribution in [0.3, 0.4) is 0 Å². The normalized spacial score (nSPS) is 38.1. The molecular weight excluding hydrogens is 198 g/mol. The molecule has 0 aromatic rings. The maximum absolute atomic E-state index is 5.89. The quantitative estimate of drug-likeness (QED) is 0.791. The molecule has 0 aromatic heterocycles. The van der Waals surface area contributed by atoms with E-state index in [0.29, 0.717) is 18.2 Å². The summed E-state index contributed by atoms with van der Waals surface area (Å²) in [6.07, 6.45) is 10.4. The monoisotopic (exact) mass is 223 g/mol. The number of hydrogen-bond acceptors (Lipinski definition) is 2. The van der Waals surface area contributed by atoms with Crippen LogP contribution < -0.4 is 5.32 Å². The molecule has 2 heteroatoms. The standard InChI is InChI=1S/C14H25NO/c1-10(11-4-2-3-5-11)15-13-8-9-16-14(13)12-6-7-12/h10-15H,2-9H2,1H3. The molecule has 0 aromatic carbocycles. The second kappa shape index (κ2) is 4.66. The van der Waals surface area contributed by atoms with Gasteiger partial charge >= 0.3 is 0 Å². The number of rotatable bonds is 4. The van der Waals surface area contributed by atoms with Crippen molar-refractivity contribution in [2.24, 2.45) is 11.8 Å². The summed E-state index contributed by atoms with van der Waals surface area (Å²) >= 11 is 0. The zero-order valence-corrected chi connectivity index (χ0v) is 10.5. The van der Waals surface area contributed by atoms with Crippen LogP contribution in [0.2, 0.25) is 0 Å². The van der Waals surface area contributed by atoms with Crippen molar-refractivity contribution in [1.82, 2.24) is 5.32 Å². The van der Waals surface area contributed by atoms with E-state index in [-0.39, 0.29) is 0 Å². The van der Waals surface area contributed by atoms with Crippen LogP contribution in [-0.2, 0) is 4.74 Å². The SMILES string of the molecule is CC(NC1CCOC1C1CC1)C1CCCC1. The van der Waals surface area contributed by atoms with Gasteiger partial charge in [-0.2, -0.15) is 0 Å². The van der Waals surface area contributed by atoms with Gasteiger partial charge in [-0.15, -0.1) is 0 Å². The molecule has 1 saturated heterocycles. The molecule has 1 aliphatic heterocycles. The fourth-order valence-corrected chi connectivity index (χ4v) is 3.61. The van der Waals surface area contributed by atoms with Gasteiger partial charge in [-0.05, 0) is 50.9 Å². The minimum Gasteiger partial charge on any atom is -0.376 e. The molecule has 3 atom stereocenters. The van der Waals surface area contributed by atoms with Gasteiger partial charge in [-0.1, -0.05) is 12.8 Å². The smallest absolute Gasteiger partial charge is 0.0757 e. The second-order valence-electron chi connectivity index (χ2n) is 6.07. The van der Waals surface area contributed by atoms with Gasteiger partial charge in [-0.3, -0.25) is 0 Å². The molecule has 1 N–H and O–H groups in total. The number of nitrogens with one attached hydrogen (secondary N) is 1. The van der Waals surface area contributed by atoms with E-state index in [9.17, 15) is 0 Å². The molecule has 16 heavy (non-hydrogen) atoms. The van der Waals surface area contributed by atoms with Gasteiger partial charge in [0.25, 0.3) is 0 Å². The third-order valence-corrected chi connectivity index (χ3v) is 4.81. The van der Waals surface area contributed by atoms with Crippen molar-refractivity contribution in [2.75, 3.05) is 6.61 Å². The van der Waals surface area contributed by atoms with Gasteiger partial charge in [0, 0.05) is 18.7 Å². The van der Waals surface area contributed by atoms with Gasteiger partial charge in [0.15, 0.2) is 0 Å². The zero-order chi connectivity index (χ0) is 11.0. The summed E-state index contributed by atoms with van der Waals surface area (Å²) in [5, 5.41) is 3.87. The molecule has 0 amide bonds. The molecule has 0 bridgehead atoms. The first-order valence-corrected chi connectivity index (χ1v) is 7.22. The Morgan fingerprint density at radius 1 is 1.06 bits per heavy atom. The van der Waals surface area contributed by atoms with E-state index in [1.807, 2.05) is 0 Å². The van der Waals surface area contributed by atoms with Gasteiger partial charge in [0.05, 0.1) is 6.10 Å². The predicted octanol–water partition coefficient (Wildman–Crippen LogP) is 2.72. The second-order valence-corrected chi connectivity index (χ2v) is 6.07. The summed E-state index contributed by atoms with van der Waals surface area (Å²) in [5.74, 6) is 1.82. The first kappa shape index (κ1) is 11.0. The third kappa shape index (κ3) is 2.28. The molecule has 0 radical (unpaired) electrons. The minimum absolute atomic E-state index is 0.545. The van der Waals surface area contributed by atoms with Crippen LogP contribution in [0.15, 0.2) is 0 Å². The Labute approximate surface area is 99.1 Å². The maximum atomic E-state index is 5.89. The summed E-state index contributed by atoms with van der Waals surface area (Å²) in [6, 6.07) is 1.36. The van der Waals surface area contributed by atoms with Gasteiger partial charge < -0.3 is 10.1 Å². The summed E-state index contributed by atoms with van der Waals surface area (Å²) in [6.45, 7) is 3.37. The Bertz CT molecular complexity index is 233. The summed E-state index contributed by atoms with van der Waals surface area (Å²) in [7, 11) is 0. The minimum atomic E-state index is 0.545. The first-order valence-electron chi connectivity index (χ1n) is 7.22. The fraction of sp³-hybridized carbons (Fsp3) is 1.00. The molecule has 92 valence electrons. The fourth-order valence-electron chi connectivity index (χ4n) is 3.61. The molecule has 0 spiro atoms. The van der Waals surface area contributed by atoms with Gasteiger partial charge in [0.2, 0.25) is 0 Å². The largest absolute Gasteiger partial charge is 0.376 e. The molecule has 3 fully saturated rings. The molecule has 1 heterocycles. The Hall–Kier alpha value is -0.0800. The Balaban J connectivity index is 1.52. The van der Waals surface area contributed by atoms with E-state index in [4.69, 9.17) is 4.74 Å². The Morgan fingerprint density at radius 3 is 2.50 bits per heavy atom. The lowest BCUT2D eigenvalue weighted by Crippen LogP contribution is -2.45. The summed E-state index contributed by atoms with van der Waals surface area (Å²) in [4.78, 5) is 0. The summed E-state index contributed by atoms with van der Waals surface area (Å²) < 4.78 is 5.89. The van der Waals surface area contributed by atoms with Crippen LogP contribution in [0, 0.1) is 11.8 Å². The lowest BCUT2D eigenvalue weighted by molar-refractivity contribution is 0.0775. The van der Waals surface area contributed by atoms with Crippen molar-refractivity contribution < 1.29 is 4.74 Å². The number of ether oxygens (including phenoxy) is 1. The maximum Gasteiger partial charge on any atom is 0.0757 e. The van der Waals surface area contributed by atoms with Crippen molar-refractivity contribution >= 4 is 0 Å². The van der Waals surface area contributed by atoms with Crippen LogP contribution >= 0.6 is 0 Å². The molecular formula is C14H25NO. The van der Waals surface area contributed by atoms with Crippen molar-refractivity contribution in [3.05, 3.63) is 0 Å². The van der Waals surface area contributed by atoms with E-state index < -0.39 is 0 Å². The highest BCUT2D eigenvalue weighted by Gasteiger charge is 2.41. The Kier molecular flexibility index (Phi) is 3.21. The zero-order valence-electron chi connectivity index (χ0n) is 10.5. The van der Waals surface area contributed by atoms with Crippen LogP contribution in [0.5, 0.6) is 0 Å². The van der Waals surface area contributed by atoms with E-state index in [1.54, 1.807) is 0 Å². The highest BCUT2D eigenvalue weighted by molar-refractivity contribution is 4.95. The van der Waals surface area contributed by atoms with E-state index in [2.05, 4.69) is 12.2 Å². The molecule has 3 aliphatic rings. The van der Waals surface area contributed by atoms with Crippen molar-refractivity contribution in [1.29, 1.82) is 0 Å². The highest BCUT2D eigenvalue weighted by atomic mass is 16.5. The Morgan fingerprint density at radius 2 is 1.81 bits per heavy atom. The van der Waals surface area contributed by atoms with Gasteiger partial charge in [-0.25, -0.2) is 0 Å². The highest BCUT2D eigenvalue weighted by Crippen LogP contribution is 2.39. The first-order chi connectivity index (χ1) is 7.84.